The maximum atomic E-state index is 13.2. The van der Waals surface area contributed by atoms with Crippen LogP contribution < -0.4 is 10.6 Å². The van der Waals surface area contributed by atoms with Gasteiger partial charge in [-0.25, -0.2) is 9.97 Å². The van der Waals surface area contributed by atoms with Crippen LogP contribution in [0.1, 0.15) is 30.6 Å². The van der Waals surface area contributed by atoms with Crippen LogP contribution in [0.3, 0.4) is 0 Å². The van der Waals surface area contributed by atoms with E-state index in [0.717, 1.165) is 78.7 Å². The number of fused-ring (bicyclic) bond motifs is 1. The number of para-hydroxylation sites is 1. The minimum atomic E-state index is -0.193. The van der Waals surface area contributed by atoms with E-state index in [1.165, 1.54) is 0 Å². The first kappa shape index (κ1) is 22.5. The lowest BCUT2D eigenvalue weighted by Gasteiger charge is -2.72. The Balaban J connectivity index is 1.04. The maximum Gasteiger partial charge on any atom is 0.225 e. The average molecular weight is 506 g/mol. The quantitative estimate of drug-likeness (QED) is 0.502. The highest BCUT2D eigenvalue weighted by atomic mass is 32.1. The fraction of sp³-hybridized carbons (Fsp3) is 0.538. The first-order valence-electron chi connectivity index (χ1n) is 12.9. The van der Waals surface area contributed by atoms with Gasteiger partial charge in [0.2, 0.25) is 5.95 Å². The predicted molar refractivity (Wildman–Crippen MR) is 140 cm³/mol. The molecule has 2 N–H and O–H groups in total. The van der Waals surface area contributed by atoms with Crippen LogP contribution in [-0.2, 0) is 9.53 Å². The first-order chi connectivity index (χ1) is 17.6. The number of anilines is 3. The summed E-state index contributed by atoms with van der Waals surface area (Å²) in [6.07, 6.45) is 5.88. The molecular weight excluding hydrogens is 474 g/mol. The molecule has 3 aromatic rings. The molecule has 6 heterocycles. The van der Waals surface area contributed by atoms with Gasteiger partial charge >= 0.3 is 0 Å². The largest absolute Gasteiger partial charge is 0.379 e. The first-order valence-corrected chi connectivity index (χ1v) is 13.7. The topological polar surface area (TPSA) is 95.5 Å². The Hall–Kier alpha value is -2.66. The van der Waals surface area contributed by atoms with Gasteiger partial charge in [0.15, 0.2) is 10.9 Å². The van der Waals surface area contributed by atoms with Crippen LogP contribution in [0.2, 0.25) is 0 Å². The fourth-order valence-electron chi connectivity index (χ4n) is 6.72. The van der Waals surface area contributed by atoms with Crippen molar-refractivity contribution in [2.45, 2.75) is 56.3 Å². The van der Waals surface area contributed by atoms with E-state index in [-0.39, 0.29) is 5.54 Å². The van der Waals surface area contributed by atoms with Gasteiger partial charge in [-0.3, -0.25) is 14.6 Å². The van der Waals surface area contributed by atoms with Crippen molar-refractivity contribution in [2.75, 3.05) is 43.5 Å². The number of aromatic nitrogens is 3. The summed E-state index contributed by atoms with van der Waals surface area (Å²) < 4.78 is 5.44. The van der Waals surface area contributed by atoms with Gasteiger partial charge in [-0.2, -0.15) is 4.98 Å². The van der Waals surface area contributed by atoms with E-state index in [0.29, 0.717) is 36.4 Å². The number of ketones is 1. The maximum absolute atomic E-state index is 13.2. The van der Waals surface area contributed by atoms with Crippen molar-refractivity contribution >= 4 is 44.9 Å². The van der Waals surface area contributed by atoms with Crippen LogP contribution >= 0.6 is 11.3 Å². The van der Waals surface area contributed by atoms with Gasteiger partial charge in [0, 0.05) is 47.7 Å². The molecule has 0 radical (unpaired) electrons. The number of Topliss-reactive ketones (excluding diaryl/α,β-unsaturated/α-hetero) is 1. The zero-order valence-corrected chi connectivity index (χ0v) is 21.3. The number of nitrogens with one attached hydrogen (secondary N) is 2. The lowest BCUT2D eigenvalue weighted by atomic mass is 9.57. The molecule has 4 aliphatic heterocycles. The highest BCUT2D eigenvalue weighted by Crippen LogP contribution is 2.57. The molecule has 0 spiro atoms. The van der Waals surface area contributed by atoms with Gasteiger partial charge in [-0.15, -0.1) is 11.3 Å². The summed E-state index contributed by atoms with van der Waals surface area (Å²) in [6.45, 7) is 5.82. The number of morpholine rings is 1. The van der Waals surface area contributed by atoms with Crippen molar-refractivity contribution in [3.8, 4) is 0 Å². The molecule has 4 aliphatic rings. The molecule has 0 saturated carbocycles. The zero-order chi connectivity index (χ0) is 24.3. The Bertz CT molecular complexity index is 1290. The number of carbonyl (C=O) groups is 1. The van der Waals surface area contributed by atoms with Crippen LogP contribution in [0.5, 0.6) is 0 Å². The van der Waals surface area contributed by atoms with Gasteiger partial charge in [0.1, 0.15) is 5.82 Å². The van der Waals surface area contributed by atoms with E-state index in [9.17, 15) is 4.79 Å². The third-order valence-electron chi connectivity index (χ3n) is 8.31. The summed E-state index contributed by atoms with van der Waals surface area (Å²) in [4.78, 5) is 33.3. The average Bonchev–Trinajstić information content (AvgIpc) is 3.25. The fourth-order valence-corrected chi connectivity index (χ4v) is 7.38. The highest BCUT2D eigenvalue weighted by Gasteiger charge is 2.68. The number of piperidine rings is 2. The minimum Gasteiger partial charge on any atom is -0.379 e. The molecule has 0 bridgehead atoms. The number of rotatable bonds is 7. The summed E-state index contributed by atoms with van der Waals surface area (Å²) in [5.74, 6) is 1.83. The normalized spacial score (nSPS) is 29.8. The number of hydrogen-bond donors (Lipinski definition) is 2. The molecule has 4 fully saturated rings. The number of benzene rings is 1. The van der Waals surface area contributed by atoms with Gasteiger partial charge < -0.3 is 15.4 Å². The summed E-state index contributed by atoms with van der Waals surface area (Å²) in [7, 11) is 0. The number of hydrogen-bond acceptors (Lipinski definition) is 10. The van der Waals surface area contributed by atoms with Crippen molar-refractivity contribution in [2.24, 2.45) is 0 Å². The van der Waals surface area contributed by atoms with Crippen LogP contribution in [0.15, 0.2) is 30.5 Å². The molecule has 0 aliphatic carbocycles. The summed E-state index contributed by atoms with van der Waals surface area (Å²) in [5.41, 5.74) is 0.712. The molecule has 2 unspecified atom stereocenters. The summed E-state index contributed by atoms with van der Waals surface area (Å²) in [6, 6.07) is 9.32. The molecule has 10 heteroatoms. The summed E-state index contributed by atoms with van der Waals surface area (Å²) >= 11 is 1.61. The van der Waals surface area contributed by atoms with Crippen molar-refractivity contribution in [3.05, 3.63) is 35.3 Å². The lowest BCUT2D eigenvalue weighted by molar-refractivity contribution is -0.218. The second-order valence-electron chi connectivity index (χ2n) is 10.6. The molecule has 4 atom stereocenters. The smallest absolute Gasteiger partial charge is 0.225 e. The van der Waals surface area contributed by atoms with Crippen molar-refractivity contribution in [1.29, 1.82) is 0 Å². The van der Waals surface area contributed by atoms with E-state index < -0.39 is 0 Å². The third-order valence-corrected chi connectivity index (χ3v) is 9.14. The van der Waals surface area contributed by atoms with E-state index in [2.05, 4.69) is 25.4 Å². The SMILES string of the molecule is Cc1cnc(Nc2nc(NC3C[C@@H]4CC5(C(=O)CN6CCOCC6)C[C@H](C3)N45)nc3ccccc23)s1. The van der Waals surface area contributed by atoms with Crippen molar-refractivity contribution in [3.63, 3.8) is 0 Å². The molecular formula is C26H31N7O2S. The molecule has 2 aromatic heterocycles. The number of aryl methyl sites for hydroxylation is 1. The van der Waals surface area contributed by atoms with Gasteiger partial charge in [-0.1, -0.05) is 12.1 Å². The summed E-state index contributed by atoms with van der Waals surface area (Å²) in [5, 5.41) is 8.85. The Morgan fingerprint density at radius 1 is 1.17 bits per heavy atom. The zero-order valence-electron chi connectivity index (χ0n) is 20.4. The molecule has 36 heavy (non-hydrogen) atoms. The van der Waals surface area contributed by atoms with Gasteiger partial charge in [0.25, 0.3) is 0 Å². The van der Waals surface area contributed by atoms with E-state index in [1.807, 2.05) is 37.4 Å². The third kappa shape index (κ3) is 3.78. The van der Waals surface area contributed by atoms with Crippen molar-refractivity contribution < 1.29 is 9.53 Å². The van der Waals surface area contributed by atoms with Crippen LogP contribution in [0.25, 0.3) is 10.9 Å². The second-order valence-corrected chi connectivity index (χ2v) is 11.8. The van der Waals surface area contributed by atoms with Crippen LogP contribution in [0, 0.1) is 6.92 Å². The van der Waals surface area contributed by atoms with E-state index in [4.69, 9.17) is 14.7 Å². The predicted octanol–water partition coefficient (Wildman–Crippen LogP) is 3.20. The molecule has 188 valence electrons. The van der Waals surface area contributed by atoms with Crippen LogP contribution in [-0.4, -0.2) is 87.0 Å². The molecule has 9 nitrogen and oxygen atoms in total. The second kappa shape index (κ2) is 8.72. The Kier molecular flexibility index (Phi) is 5.46. The molecule has 0 amide bonds. The molecule has 4 saturated heterocycles. The standard InChI is InChI=1S/C26H31N7O2S/c1-16-14-27-25(36-16)31-23-20-4-2-3-5-21(20)29-24(30-23)28-17-10-18-12-26(13-19(11-17)33(18)26)22(34)15-32-6-8-35-9-7-32/h2-5,14,17-19H,6-13,15H2,1H3,(H2,27,28,29,30,31)/t17?,18-,19+,26?. The van der Waals surface area contributed by atoms with Gasteiger partial charge in [-0.05, 0) is 44.7 Å². The highest BCUT2D eigenvalue weighted by molar-refractivity contribution is 7.15. The van der Waals surface area contributed by atoms with Crippen molar-refractivity contribution in [1.82, 2.24) is 24.8 Å². The monoisotopic (exact) mass is 505 g/mol. The molecule has 1 aromatic carbocycles. The lowest BCUT2D eigenvalue weighted by Crippen LogP contribution is -2.84. The Morgan fingerprint density at radius 3 is 2.69 bits per heavy atom. The molecule has 7 rings (SSSR count). The van der Waals surface area contributed by atoms with Gasteiger partial charge in [0.05, 0.1) is 30.8 Å². The number of ether oxygens (including phenoxy) is 1. The Morgan fingerprint density at radius 2 is 1.94 bits per heavy atom. The minimum absolute atomic E-state index is 0.193. The number of carbonyl (C=O) groups excluding carboxylic acids is 1. The van der Waals surface area contributed by atoms with E-state index in [1.54, 1.807) is 11.3 Å². The number of thiazole rings is 1. The van der Waals surface area contributed by atoms with Crippen LogP contribution in [0.4, 0.5) is 16.9 Å². The Labute approximate surface area is 214 Å². The van der Waals surface area contributed by atoms with E-state index >= 15 is 0 Å². The number of nitrogens with zero attached hydrogens (tertiary/aromatic N) is 5.